The molecule has 0 bridgehead atoms. The van der Waals surface area contributed by atoms with Crippen LogP contribution in [0, 0.1) is 5.82 Å². The van der Waals surface area contributed by atoms with Crippen molar-refractivity contribution in [2.45, 2.75) is 31.9 Å². The molecule has 162 valence electrons. The molecule has 11 heteroatoms. The van der Waals surface area contributed by atoms with Gasteiger partial charge < -0.3 is 10.4 Å². The van der Waals surface area contributed by atoms with Gasteiger partial charge in [0.2, 0.25) is 0 Å². The summed E-state index contributed by atoms with van der Waals surface area (Å²) in [6, 6.07) is 3.40. The molecule has 0 spiro atoms. The fourth-order valence-corrected chi connectivity index (χ4v) is 3.81. The monoisotopic (exact) mass is 454 g/mol. The van der Waals surface area contributed by atoms with Gasteiger partial charge in [0.1, 0.15) is 11.5 Å². The summed E-state index contributed by atoms with van der Waals surface area (Å²) in [5.74, 6) is -1.95. The molecule has 0 saturated carbocycles. The minimum atomic E-state index is -4.69. The second-order valence-electron chi connectivity index (χ2n) is 7.03. The number of halogens is 5. The number of aromatic nitrogens is 3. The average Bonchev–Trinajstić information content (AvgIpc) is 3.07. The van der Waals surface area contributed by atoms with Gasteiger partial charge >= 0.3 is 12.1 Å². The van der Waals surface area contributed by atoms with E-state index in [0.717, 1.165) is 25.1 Å². The van der Waals surface area contributed by atoms with Crippen LogP contribution in [0.2, 0.25) is 5.02 Å². The highest BCUT2D eigenvalue weighted by molar-refractivity contribution is 6.33. The number of anilines is 2. The Balaban J connectivity index is 1.83. The van der Waals surface area contributed by atoms with Crippen LogP contribution in [-0.2, 0) is 19.0 Å². The summed E-state index contributed by atoms with van der Waals surface area (Å²) in [6.07, 6.45) is -0.256. The summed E-state index contributed by atoms with van der Waals surface area (Å²) in [6.45, 7) is 0. The average molecular weight is 455 g/mol. The lowest BCUT2D eigenvalue weighted by molar-refractivity contribution is -0.137. The van der Waals surface area contributed by atoms with Crippen molar-refractivity contribution in [2.75, 3.05) is 5.32 Å². The Labute approximate surface area is 178 Å². The van der Waals surface area contributed by atoms with E-state index in [9.17, 15) is 22.4 Å². The van der Waals surface area contributed by atoms with Crippen molar-refractivity contribution in [3.05, 3.63) is 63.8 Å². The van der Waals surface area contributed by atoms with Gasteiger partial charge in [0.15, 0.2) is 5.82 Å². The molecular formula is C20H15ClF4N4O2. The van der Waals surface area contributed by atoms with Crippen molar-refractivity contribution in [1.82, 2.24) is 14.8 Å². The molecule has 6 nitrogen and oxygen atoms in total. The predicted octanol–water partition coefficient (Wildman–Crippen LogP) is 5.40. The van der Waals surface area contributed by atoms with Gasteiger partial charge in [-0.05, 0) is 43.9 Å². The van der Waals surface area contributed by atoms with Crippen molar-refractivity contribution in [3.8, 4) is 5.69 Å². The molecule has 0 radical (unpaired) electrons. The normalized spacial score (nSPS) is 13.7. The quantitative estimate of drug-likeness (QED) is 0.516. The number of nitrogens with one attached hydrogen (secondary N) is 1. The molecular weight excluding hydrogens is 440 g/mol. The number of fused-ring (bicyclic) bond motifs is 1. The van der Waals surface area contributed by atoms with Gasteiger partial charge in [-0.25, -0.2) is 13.9 Å². The van der Waals surface area contributed by atoms with Crippen molar-refractivity contribution >= 4 is 29.1 Å². The largest absolute Gasteiger partial charge is 0.478 e. The van der Waals surface area contributed by atoms with Crippen LogP contribution in [0.3, 0.4) is 0 Å². The highest BCUT2D eigenvalue weighted by Crippen LogP contribution is 2.40. The van der Waals surface area contributed by atoms with E-state index < -0.39 is 23.5 Å². The van der Waals surface area contributed by atoms with Crippen LogP contribution in [0.15, 0.2) is 30.6 Å². The van der Waals surface area contributed by atoms with Crippen LogP contribution >= 0.6 is 11.6 Å². The number of pyridine rings is 1. The zero-order valence-electron chi connectivity index (χ0n) is 15.8. The molecule has 2 N–H and O–H groups in total. The highest BCUT2D eigenvalue weighted by atomic mass is 35.5. The number of aromatic carboxylic acids is 1. The molecule has 0 unspecified atom stereocenters. The van der Waals surface area contributed by atoms with Gasteiger partial charge in [0.25, 0.3) is 0 Å². The molecule has 31 heavy (non-hydrogen) atoms. The van der Waals surface area contributed by atoms with E-state index in [1.807, 2.05) is 0 Å². The van der Waals surface area contributed by atoms with E-state index in [1.165, 1.54) is 16.8 Å². The number of rotatable bonds is 4. The maximum Gasteiger partial charge on any atom is 0.419 e. The number of alkyl halides is 3. The molecule has 2 heterocycles. The lowest BCUT2D eigenvalue weighted by Crippen LogP contribution is -2.11. The van der Waals surface area contributed by atoms with Gasteiger partial charge in [-0.3, -0.25) is 4.98 Å². The van der Waals surface area contributed by atoms with Crippen LogP contribution in [0.1, 0.15) is 40.0 Å². The third-order valence-corrected chi connectivity index (χ3v) is 5.34. The van der Waals surface area contributed by atoms with E-state index in [4.69, 9.17) is 16.7 Å². The third kappa shape index (κ3) is 3.95. The van der Waals surface area contributed by atoms with E-state index in [-0.39, 0.29) is 27.8 Å². The van der Waals surface area contributed by atoms with Gasteiger partial charge in [-0.1, -0.05) is 11.6 Å². The molecule has 1 aliphatic rings. The summed E-state index contributed by atoms with van der Waals surface area (Å²) < 4.78 is 56.3. The zero-order chi connectivity index (χ0) is 22.3. The number of carboxylic acid groups (broad SMARTS) is 1. The van der Waals surface area contributed by atoms with Crippen molar-refractivity contribution in [1.29, 1.82) is 0 Å². The molecule has 0 atom stereocenters. The van der Waals surface area contributed by atoms with E-state index in [0.29, 0.717) is 30.3 Å². The first kappa shape index (κ1) is 21.1. The summed E-state index contributed by atoms with van der Waals surface area (Å²) >= 11 is 5.99. The number of hydrogen-bond donors (Lipinski definition) is 2. The number of hydrogen-bond acceptors (Lipinski definition) is 4. The SMILES string of the molecule is O=C(O)c1ccc(-n2nc(Nc3c(Cl)cncc3C(F)(F)F)c3c2CCCC3)c(F)c1. The minimum absolute atomic E-state index is 0.00747. The molecule has 1 aliphatic carbocycles. The second-order valence-corrected chi connectivity index (χ2v) is 7.44. The maximum absolute atomic E-state index is 14.7. The van der Waals surface area contributed by atoms with Gasteiger partial charge in [0.05, 0.1) is 21.8 Å². The Morgan fingerprint density at radius 1 is 1.19 bits per heavy atom. The minimum Gasteiger partial charge on any atom is -0.478 e. The summed E-state index contributed by atoms with van der Waals surface area (Å²) in [4.78, 5) is 14.6. The van der Waals surface area contributed by atoms with Crippen LogP contribution in [0.25, 0.3) is 5.69 Å². The molecule has 3 aromatic rings. The summed E-state index contributed by atoms with van der Waals surface area (Å²) in [7, 11) is 0. The predicted molar refractivity (Wildman–Crippen MR) is 105 cm³/mol. The van der Waals surface area contributed by atoms with Crippen molar-refractivity contribution in [2.24, 2.45) is 0 Å². The van der Waals surface area contributed by atoms with Crippen LogP contribution < -0.4 is 5.32 Å². The molecule has 2 aromatic heterocycles. The molecule has 4 rings (SSSR count). The molecule has 0 amide bonds. The molecule has 1 aromatic carbocycles. The first-order valence-electron chi connectivity index (χ1n) is 9.28. The van der Waals surface area contributed by atoms with E-state index in [1.54, 1.807) is 0 Å². The number of benzene rings is 1. The Morgan fingerprint density at radius 3 is 2.61 bits per heavy atom. The molecule has 0 saturated heterocycles. The standard InChI is InChI=1S/C20H15ClF4N4O2/c21-13-9-26-8-12(20(23,24)25)17(13)27-18-11-3-1-2-4-15(11)29(28-18)16-6-5-10(19(30)31)7-14(16)22/h5-9H,1-4H2,(H,30,31)(H,26,27,28). The Kier molecular flexibility index (Phi) is 5.34. The Morgan fingerprint density at radius 2 is 1.94 bits per heavy atom. The molecule has 0 fully saturated rings. The lowest BCUT2D eigenvalue weighted by Gasteiger charge is -2.16. The van der Waals surface area contributed by atoms with Gasteiger partial charge in [0, 0.05) is 23.7 Å². The van der Waals surface area contributed by atoms with Gasteiger partial charge in [-0.15, -0.1) is 5.10 Å². The smallest absolute Gasteiger partial charge is 0.419 e. The van der Waals surface area contributed by atoms with Crippen LogP contribution in [-0.4, -0.2) is 25.8 Å². The number of carboxylic acids is 1. The molecule has 0 aliphatic heterocycles. The Bertz CT molecular complexity index is 1180. The van der Waals surface area contributed by atoms with Gasteiger partial charge in [-0.2, -0.15) is 13.2 Å². The fraction of sp³-hybridized carbons (Fsp3) is 0.250. The summed E-state index contributed by atoms with van der Waals surface area (Å²) in [5, 5.41) is 15.8. The first-order valence-corrected chi connectivity index (χ1v) is 9.66. The summed E-state index contributed by atoms with van der Waals surface area (Å²) in [5.41, 5.74) is -0.338. The fourth-order valence-electron chi connectivity index (χ4n) is 3.61. The van der Waals surface area contributed by atoms with E-state index >= 15 is 0 Å². The van der Waals surface area contributed by atoms with Crippen LogP contribution in [0.5, 0.6) is 0 Å². The first-order chi connectivity index (χ1) is 14.7. The zero-order valence-corrected chi connectivity index (χ0v) is 16.6. The van der Waals surface area contributed by atoms with Crippen LogP contribution in [0.4, 0.5) is 29.1 Å². The Hall–Kier alpha value is -3.14. The topological polar surface area (TPSA) is 80.0 Å². The maximum atomic E-state index is 14.7. The highest BCUT2D eigenvalue weighted by Gasteiger charge is 2.36. The number of carbonyl (C=O) groups is 1. The lowest BCUT2D eigenvalue weighted by atomic mass is 9.97. The van der Waals surface area contributed by atoms with Crippen molar-refractivity contribution in [3.63, 3.8) is 0 Å². The van der Waals surface area contributed by atoms with E-state index in [2.05, 4.69) is 15.4 Å². The third-order valence-electron chi connectivity index (χ3n) is 5.05. The number of nitrogens with zero attached hydrogens (tertiary/aromatic N) is 3. The second kappa shape index (κ2) is 7.84. The van der Waals surface area contributed by atoms with Crippen molar-refractivity contribution < 1.29 is 27.5 Å².